The molecule has 1 aliphatic carbocycles. The minimum absolute atomic E-state index is 0. The van der Waals surface area contributed by atoms with E-state index >= 15 is 0 Å². The van der Waals surface area contributed by atoms with Gasteiger partial charge >= 0.3 is 0 Å². The zero-order valence-corrected chi connectivity index (χ0v) is 17.6. The monoisotopic (exact) mass is 465 g/mol. The highest BCUT2D eigenvalue weighted by Crippen LogP contribution is 2.17. The summed E-state index contributed by atoms with van der Waals surface area (Å²) in [6.07, 6.45) is 8.84. The van der Waals surface area contributed by atoms with Crippen LogP contribution >= 0.6 is 35.3 Å². The number of halogens is 1. The number of aryl methyl sites for hydroxylation is 1. The largest absolute Gasteiger partial charge is 0.352 e. The number of amides is 1. The molecule has 3 N–H and O–H groups in total. The summed E-state index contributed by atoms with van der Waals surface area (Å²) in [5.41, 5.74) is 0. The number of rotatable bonds is 6. The summed E-state index contributed by atoms with van der Waals surface area (Å²) in [4.78, 5) is 21.8. The van der Waals surface area contributed by atoms with E-state index in [9.17, 15) is 4.79 Å². The molecule has 136 valence electrons. The quantitative estimate of drug-likeness (QED) is 0.343. The van der Waals surface area contributed by atoms with Crippen molar-refractivity contribution in [1.29, 1.82) is 0 Å². The molecule has 1 aliphatic rings. The minimum atomic E-state index is 0. The van der Waals surface area contributed by atoms with Gasteiger partial charge in [0.15, 0.2) is 5.96 Å². The molecule has 1 amide bonds. The number of nitrogens with zero attached hydrogens (tertiary/aromatic N) is 2. The first-order valence-corrected chi connectivity index (χ1v) is 9.20. The van der Waals surface area contributed by atoms with Gasteiger partial charge in [-0.3, -0.25) is 9.79 Å². The average molecular weight is 465 g/mol. The number of aliphatic imine (C=N–C) groups is 1. The van der Waals surface area contributed by atoms with Crippen LogP contribution in [-0.2, 0) is 17.8 Å². The predicted molar refractivity (Wildman–Crippen MR) is 110 cm³/mol. The topological polar surface area (TPSA) is 78.4 Å². The molecular weight excluding hydrogens is 437 g/mol. The first kappa shape index (κ1) is 21.1. The molecule has 1 heterocycles. The van der Waals surface area contributed by atoms with Gasteiger partial charge in [0.25, 0.3) is 0 Å². The van der Waals surface area contributed by atoms with E-state index < -0.39 is 0 Å². The second-order valence-electron chi connectivity index (χ2n) is 5.76. The molecule has 0 unspecified atom stereocenters. The van der Waals surface area contributed by atoms with E-state index in [1.165, 1.54) is 24.1 Å². The lowest BCUT2D eigenvalue weighted by Crippen LogP contribution is -2.45. The summed E-state index contributed by atoms with van der Waals surface area (Å²) in [7, 11) is 1.70. The lowest BCUT2D eigenvalue weighted by Gasteiger charge is -2.23. The van der Waals surface area contributed by atoms with E-state index in [-0.39, 0.29) is 36.4 Å². The van der Waals surface area contributed by atoms with Gasteiger partial charge in [0.1, 0.15) is 5.01 Å². The summed E-state index contributed by atoms with van der Waals surface area (Å²) in [6, 6.07) is 0.343. The number of carbonyl (C=O) groups is 1. The third kappa shape index (κ3) is 7.33. The summed E-state index contributed by atoms with van der Waals surface area (Å²) >= 11 is 1.70. The molecule has 2 rings (SSSR count). The van der Waals surface area contributed by atoms with E-state index in [1.54, 1.807) is 18.4 Å². The SMILES string of the molecule is CCc1cnc(CNC(=NC)NCC(=O)NC2CCCCC2)s1.I. The fourth-order valence-corrected chi connectivity index (χ4v) is 3.46. The molecule has 1 fully saturated rings. The highest BCUT2D eigenvalue weighted by molar-refractivity contribution is 14.0. The summed E-state index contributed by atoms with van der Waals surface area (Å²) < 4.78 is 0. The highest BCUT2D eigenvalue weighted by Gasteiger charge is 2.15. The first-order chi connectivity index (χ1) is 11.2. The van der Waals surface area contributed by atoms with E-state index in [0.29, 0.717) is 18.5 Å². The Morgan fingerprint density at radius 1 is 1.33 bits per heavy atom. The Balaban J connectivity index is 0.00000288. The zero-order valence-electron chi connectivity index (χ0n) is 14.4. The molecule has 8 heteroatoms. The Labute approximate surface area is 165 Å². The van der Waals surface area contributed by atoms with E-state index in [2.05, 4.69) is 32.9 Å². The van der Waals surface area contributed by atoms with Crippen LogP contribution in [0.5, 0.6) is 0 Å². The number of aromatic nitrogens is 1. The Bertz CT molecular complexity index is 528. The van der Waals surface area contributed by atoms with Crippen LogP contribution < -0.4 is 16.0 Å². The smallest absolute Gasteiger partial charge is 0.239 e. The summed E-state index contributed by atoms with van der Waals surface area (Å²) in [5.74, 6) is 0.652. The van der Waals surface area contributed by atoms with Crippen LogP contribution in [0.1, 0.15) is 48.9 Å². The van der Waals surface area contributed by atoms with Gasteiger partial charge in [-0.25, -0.2) is 4.98 Å². The Morgan fingerprint density at radius 2 is 2.08 bits per heavy atom. The molecule has 0 aromatic carbocycles. The van der Waals surface area contributed by atoms with Crippen molar-refractivity contribution in [2.45, 2.75) is 58.0 Å². The van der Waals surface area contributed by atoms with Gasteiger partial charge in [-0.15, -0.1) is 35.3 Å². The number of thiazole rings is 1. The number of hydrogen-bond donors (Lipinski definition) is 3. The van der Waals surface area contributed by atoms with E-state index in [4.69, 9.17) is 0 Å². The Kier molecular flexibility index (Phi) is 10.2. The van der Waals surface area contributed by atoms with Crippen molar-refractivity contribution in [3.05, 3.63) is 16.1 Å². The maximum atomic E-state index is 12.0. The number of nitrogens with one attached hydrogen (secondary N) is 3. The van der Waals surface area contributed by atoms with Crippen LogP contribution in [-0.4, -0.2) is 36.5 Å². The van der Waals surface area contributed by atoms with Gasteiger partial charge in [-0.05, 0) is 19.3 Å². The highest BCUT2D eigenvalue weighted by atomic mass is 127. The fraction of sp³-hybridized carbons (Fsp3) is 0.688. The van der Waals surface area contributed by atoms with Crippen LogP contribution in [0, 0.1) is 0 Å². The fourth-order valence-electron chi connectivity index (χ4n) is 2.66. The second kappa shape index (κ2) is 11.6. The van der Waals surface area contributed by atoms with E-state index in [0.717, 1.165) is 24.3 Å². The number of hydrogen-bond acceptors (Lipinski definition) is 4. The van der Waals surface area contributed by atoms with Crippen molar-refractivity contribution in [3.63, 3.8) is 0 Å². The zero-order chi connectivity index (χ0) is 16.5. The molecule has 0 atom stereocenters. The van der Waals surface area contributed by atoms with Crippen LogP contribution in [0.15, 0.2) is 11.2 Å². The molecule has 1 saturated carbocycles. The molecule has 24 heavy (non-hydrogen) atoms. The predicted octanol–water partition coefficient (Wildman–Crippen LogP) is 2.44. The molecule has 0 spiro atoms. The molecule has 0 bridgehead atoms. The van der Waals surface area contributed by atoms with Gasteiger partial charge in [-0.1, -0.05) is 26.2 Å². The van der Waals surface area contributed by atoms with Gasteiger partial charge < -0.3 is 16.0 Å². The lowest BCUT2D eigenvalue weighted by atomic mass is 9.95. The molecule has 0 aliphatic heterocycles. The first-order valence-electron chi connectivity index (χ1n) is 8.38. The lowest BCUT2D eigenvalue weighted by molar-refractivity contribution is -0.120. The van der Waals surface area contributed by atoms with Crippen LogP contribution in [0.4, 0.5) is 0 Å². The molecule has 1 aromatic rings. The molecular formula is C16H28IN5OS. The van der Waals surface area contributed by atoms with Crippen molar-refractivity contribution in [3.8, 4) is 0 Å². The van der Waals surface area contributed by atoms with Gasteiger partial charge in [-0.2, -0.15) is 0 Å². The molecule has 0 radical (unpaired) electrons. The molecule has 6 nitrogen and oxygen atoms in total. The van der Waals surface area contributed by atoms with Crippen molar-refractivity contribution >= 4 is 47.2 Å². The van der Waals surface area contributed by atoms with Crippen LogP contribution in [0.3, 0.4) is 0 Å². The maximum absolute atomic E-state index is 12.0. The average Bonchev–Trinajstić information content (AvgIpc) is 3.04. The Hall–Kier alpha value is -0.900. The normalized spacial score (nSPS) is 15.5. The maximum Gasteiger partial charge on any atom is 0.239 e. The van der Waals surface area contributed by atoms with Crippen molar-refractivity contribution in [2.75, 3.05) is 13.6 Å². The summed E-state index contributed by atoms with van der Waals surface area (Å²) in [5, 5.41) is 10.4. The standard InChI is InChI=1S/C16H27N5OS.HI/c1-3-13-9-18-15(23-13)11-20-16(17-2)19-10-14(22)21-12-7-5-4-6-8-12;/h9,12H,3-8,10-11H2,1-2H3,(H,21,22)(H2,17,19,20);1H. The Morgan fingerprint density at radius 3 is 2.71 bits per heavy atom. The number of carbonyl (C=O) groups excluding carboxylic acids is 1. The van der Waals surface area contributed by atoms with Crippen molar-refractivity contribution < 1.29 is 4.79 Å². The second-order valence-corrected chi connectivity index (χ2v) is 6.96. The van der Waals surface area contributed by atoms with Gasteiger partial charge in [0.2, 0.25) is 5.91 Å². The van der Waals surface area contributed by atoms with Crippen molar-refractivity contribution in [2.24, 2.45) is 4.99 Å². The number of guanidine groups is 1. The van der Waals surface area contributed by atoms with Gasteiger partial charge in [0.05, 0.1) is 13.1 Å². The third-order valence-corrected chi connectivity index (χ3v) is 5.11. The van der Waals surface area contributed by atoms with Crippen molar-refractivity contribution in [1.82, 2.24) is 20.9 Å². The minimum Gasteiger partial charge on any atom is -0.352 e. The summed E-state index contributed by atoms with van der Waals surface area (Å²) in [6.45, 7) is 2.99. The van der Waals surface area contributed by atoms with Crippen LogP contribution in [0.25, 0.3) is 0 Å². The van der Waals surface area contributed by atoms with E-state index in [1.807, 2.05) is 6.20 Å². The van der Waals surface area contributed by atoms with Crippen LogP contribution in [0.2, 0.25) is 0 Å². The molecule has 1 aromatic heterocycles. The van der Waals surface area contributed by atoms with Gasteiger partial charge in [0, 0.05) is 24.2 Å². The molecule has 0 saturated heterocycles. The third-order valence-electron chi connectivity index (χ3n) is 3.97.